The summed E-state index contributed by atoms with van der Waals surface area (Å²) in [6.45, 7) is 4.22. The highest BCUT2D eigenvalue weighted by atomic mass is 32.2. The Bertz CT molecular complexity index is 1360. The van der Waals surface area contributed by atoms with Crippen LogP contribution >= 0.6 is 23.1 Å². The third-order valence-corrected chi connectivity index (χ3v) is 9.61. The van der Waals surface area contributed by atoms with Crippen molar-refractivity contribution in [2.24, 2.45) is 5.73 Å². The van der Waals surface area contributed by atoms with Gasteiger partial charge in [-0.15, -0.1) is 21.5 Å². The number of hydrogen-bond donors (Lipinski definition) is 2. The van der Waals surface area contributed by atoms with E-state index in [4.69, 9.17) is 5.73 Å². The zero-order chi connectivity index (χ0) is 25.2. The van der Waals surface area contributed by atoms with Crippen LogP contribution in [0.4, 0.5) is 5.00 Å². The third-order valence-electron chi connectivity index (χ3n) is 5.81. The molecule has 0 saturated carbocycles. The minimum Gasteiger partial charge on any atom is -0.365 e. The maximum atomic E-state index is 12.8. The lowest BCUT2D eigenvalue weighted by Crippen LogP contribution is -2.19. The maximum absolute atomic E-state index is 12.8. The van der Waals surface area contributed by atoms with Gasteiger partial charge in [0.1, 0.15) is 16.6 Å². The topological polar surface area (TPSA) is 137 Å². The van der Waals surface area contributed by atoms with E-state index in [0.29, 0.717) is 28.1 Å². The molecule has 186 valence electrons. The Balaban J connectivity index is 1.44. The lowest BCUT2D eigenvalue weighted by atomic mass is 9.95. The number of primary amides is 1. The third kappa shape index (κ3) is 5.60. The molecule has 0 saturated heterocycles. The number of amides is 2. The summed E-state index contributed by atoms with van der Waals surface area (Å²) in [5, 5.41) is 12.0. The number of benzene rings is 1. The number of thioether (sulfide) groups is 1. The molecular weight excluding hydrogens is 506 g/mol. The van der Waals surface area contributed by atoms with Crippen LogP contribution in [0.5, 0.6) is 0 Å². The number of carbonyl (C=O) groups excluding carboxylic acids is 2. The van der Waals surface area contributed by atoms with Crippen LogP contribution in [-0.4, -0.2) is 40.7 Å². The fourth-order valence-corrected chi connectivity index (χ4v) is 7.46. The number of aromatic nitrogens is 3. The molecule has 2 heterocycles. The van der Waals surface area contributed by atoms with E-state index >= 15 is 0 Å². The SMILES string of the molecule is CCn1c(CS(=O)(=O)c2ccc(C)cc2)nnc1SCC(=O)Nc1sc2c(c1C(N)=O)CCCC2. The van der Waals surface area contributed by atoms with E-state index in [0.717, 1.165) is 53.4 Å². The number of aryl methyl sites for hydroxylation is 2. The molecule has 2 amide bonds. The smallest absolute Gasteiger partial charge is 0.251 e. The predicted molar refractivity (Wildman–Crippen MR) is 137 cm³/mol. The van der Waals surface area contributed by atoms with E-state index in [-0.39, 0.29) is 22.3 Å². The number of anilines is 1. The second-order valence-corrected chi connectivity index (χ2v) is 12.4. The molecule has 0 bridgehead atoms. The van der Waals surface area contributed by atoms with Gasteiger partial charge >= 0.3 is 0 Å². The van der Waals surface area contributed by atoms with Crippen molar-refractivity contribution in [3.8, 4) is 0 Å². The molecule has 9 nitrogen and oxygen atoms in total. The van der Waals surface area contributed by atoms with E-state index < -0.39 is 15.7 Å². The first-order chi connectivity index (χ1) is 16.7. The molecule has 3 aromatic rings. The van der Waals surface area contributed by atoms with Crippen LogP contribution in [0.15, 0.2) is 34.3 Å². The molecular formula is C23H27N5O4S3. The number of sulfone groups is 1. The molecule has 0 unspecified atom stereocenters. The van der Waals surface area contributed by atoms with Crippen LogP contribution in [0.1, 0.15) is 52.0 Å². The van der Waals surface area contributed by atoms with Gasteiger partial charge in [-0.2, -0.15) is 0 Å². The highest BCUT2D eigenvalue weighted by molar-refractivity contribution is 7.99. The van der Waals surface area contributed by atoms with Crippen molar-refractivity contribution in [1.82, 2.24) is 14.8 Å². The molecule has 0 fully saturated rings. The molecule has 35 heavy (non-hydrogen) atoms. The van der Waals surface area contributed by atoms with Crippen LogP contribution in [0.25, 0.3) is 0 Å². The molecule has 0 radical (unpaired) electrons. The molecule has 4 rings (SSSR count). The van der Waals surface area contributed by atoms with Gasteiger partial charge in [-0.3, -0.25) is 9.59 Å². The Kier molecular flexibility index (Phi) is 7.62. The van der Waals surface area contributed by atoms with Gasteiger partial charge in [0.2, 0.25) is 5.91 Å². The minimum atomic E-state index is -3.59. The van der Waals surface area contributed by atoms with Gasteiger partial charge in [0, 0.05) is 11.4 Å². The van der Waals surface area contributed by atoms with E-state index in [9.17, 15) is 18.0 Å². The van der Waals surface area contributed by atoms with Crippen molar-refractivity contribution in [2.75, 3.05) is 11.1 Å². The van der Waals surface area contributed by atoms with Gasteiger partial charge in [0.15, 0.2) is 15.0 Å². The number of nitrogens with zero attached hydrogens (tertiary/aromatic N) is 3. The largest absolute Gasteiger partial charge is 0.365 e. The zero-order valence-electron chi connectivity index (χ0n) is 19.5. The number of thiophene rings is 1. The number of carbonyl (C=O) groups is 2. The Morgan fingerprint density at radius 2 is 1.89 bits per heavy atom. The van der Waals surface area contributed by atoms with Crippen LogP contribution in [0.3, 0.4) is 0 Å². The first-order valence-electron chi connectivity index (χ1n) is 11.3. The van der Waals surface area contributed by atoms with Gasteiger partial charge in [-0.25, -0.2) is 8.42 Å². The van der Waals surface area contributed by atoms with E-state index in [2.05, 4.69) is 15.5 Å². The molecule has 0 spiro atoms. The second kappa shape index (κ2) is 10.5. The molecule has 0 atom stereocenters. The summed E-state index contributed by atoms with van der Waals surface area (Å²) in [6, 6.07) is 6.68. The Hall–Kier alpha value is -2.70. The number of rotatable bonds is 9. The summed E-state index contributed by atoms with van der Waals surface area (Å²) < 4.78 is 27.4. The monoisotopic (exact) mass is 533 g/mol. The average Bonchev–Trinajstić information content (AvgIpc) is 3.37. The first-order valence-corrected chi connectivity index (χ1v) is 14.7. The molecule has 0 aliphatic heterocycles. The highest BCUT2D eigenvalue weighted by Crippen LogP contribution is 2.38. The summed E-state index contributed by atoms with van der Waals surface area (Å²) in [6.07, 6.45) is 3.74. The number of nitrogens with two attached hydrogens (primary N) is 1. The summed E-state index contributed by atoms with van der Waals surface area (Å²) in [5.41, 5.74) is 7.96. The summed E-state index contributed by atoms with van der Waals surface area (Å²) >= 11 is 2.58. The minimum absolute atomic E-state index is 0.0314. The molecule has 2 aromatic heterocycles. The fraction of sp³-hybridized carbons (Fsp3) is 0.391. The van der Waals surface area contributed by atoms with Gasteiger partial charge < -0.3 is 15.6 Å². The van der Waals surface area contributed by atoms with Crippen LogP contribution in [0.2, 0.25) is 0 Å². The van der Waals surface area contributed by atoms with Crippen molar-refractivity contribution in [1.29, 1.82) is 0 Å². The quantitative estimate of drug-likeness (QED) is 0.402. The average molecular weight is 534 g/mol. The Morgan fingerprint density at radius 1 is 1.17 bits per heavy atom. The fourth-order valence-electron chi connectivity index (χ4n) is 4.06. The zero-order valence-corrected chi connectivity index (χ0v) is 22.0. The Morgan fingerprint density at radius 3 is 2.57 bits per heavy atom. The summed E-state index contributed by atoms with van der Waals surface area (Å²) in [4.78, 5) is 26.1. The lowest BCUT2D eigenvalue weighted by Gasteiger charge is -2.11. The second-order valence-electron chi connectivity index (χ2n) is 8.33. The van der Waals surface area contributed by atoms with Crippen molar-refractivity contribution in [3.05, 3.63) is 51.7 Å². The number of fused-ring (bicyclic) bond motifs is 1. The molecule has 1 aromatic carbocycles. The highest BCUT2D eigenvalue weighted by Gasteiger charge is 2.25. The molecule has 1 aliphatic rings. The van der Waals surface area contributed by atoms with Crippen LogP contribution in [0, 0.1) is 6.92 Å². The lowest BCUT2D eigenvalue weighted by molar-refractivity contribution is -0.113. The molecule has 1 aliphatic carbocycles. The van der Waals surface area contributed by atoms with Crippen molar-refractivity contribution < 1.29 is 18.0 Å². The first kappa shape index (κ1) is 25.4. The molecule has 12 heteroatoms. The predicted octanol–water partition coefficient (Wildman–Crippen LogP) is 3.35. The number of hydrogen-bond acceptors (Lipinski definition) is 8. The van der Waals surface area contributed by atoms with Crippen LogP contribution in [-0.2, 0) is 39.8 Å². The number of nitrogens with one attached hydrogen (secondary N) is 1. The van der Waals surface area contributed by atoms with Crippen molar-refractivity contribution >= 4 is 49.8 Å². The standard InChI is InChI=1S/C23H27N5O4S3/c1-3-28-18(13-35(31,32)15-10-8-14(2)9-11-15)26-27-23(28)33-12-19(29)25-22-20(21(24)30)16-6-4-5-7-17(16)34-22/h8-11H,3-7,12-13H2,1-2H3,(H2,24,30)(H,25,29). The van der Waals surface area contributed by atoms with Gasteiger partial charge in [0.05, 0.1) is 16.2 Å². The van der Waals surface area contributed by atoms with Gasteiger partial charge in [0.25, 0.3) is 5.91 Å². The van der Waals surface area contributed by atoms with E-state index in [1.807, 2.05) is 13.8 Å². The normalized spacial score (nSPS) is 13.4. The van der Waals surface area contributed by atoms with Gasteiger partial charge in [-0.05, 0) is 57.2 Å². The molecule has 3 N–H and O–H groups in total. The Labute approximate surface area is 212 Å². The summed E-state index contributed by atoms with van der Waals surface area (Å²) in [5.74, 6) is -0.762. The van der Waals surface area contributed by atoms with Gasteiger partial charge in [-0.1, -0.05) is 29.5 Å². The summed E-state index contributed by atoms with van der Waals surface area (Å²) in [7, 11) is -3.59. The maximum Gasteiger partial charge on any atom is 0.251 e. The van der Waals surface area contributed by atoms with Crippen molar-refractivity contribution in [2.45, 2.75) is 61.9 Å². The van der Waals surface area contributed by atoms with E-state index in [1.165, 1.54) is 11.3 Å². The van der Waals surface area contributed by atoms with E-state index in [1.54, 1.807) is 28.8 Å². The van der Waals surface area contributed by atoms with Crippen LogP contribution < -0.4 is 11.1 Å². The van der Waals surface area contributed by atoms with Crippen molar-refractivity contribution in [3.63, 3.8) is 0 Å².